The SMILES string of the molecule is C=C(C)[C@@H]1C[C@@H](OC(C)=O)[C@](C)(OC(C)=O)[C@H]1/C=C/C(C)=C1\C(=O)C[C@H]2[C@@]3(C)CC[C@H](OC(C)=O)C(C)(C)[C@@H]3CC[C@]12C. The lowest BCUT2D eigenvalue weighted by molar-refractivity contribution is -0.185. The number of carbonyl (C=O) groups is 4. The van der Waals surface area contributed by atoms with Crippen LogP contribution in [0.5, 0.6) is 0 Å². The minimum Gasteiger partial charge on any atom is -0.462 e. The standard InChI is InChI=1S/C36H52O7/c1-20(2)25-18-31(42-23(5)38)36(11,43-24(6)39)26(25)13-12-21(3)32-27(40)19-29-34(9)17-15-30(41-22(4)37)33(7,8)28(34)14-16-35(29,32)10/h12-13,25-26,28-31H,1,14-19H2,2-11H3/b13-12+,32-21+/t25-,26-,28-,29-,30-,31+,34-,35-,36+/m0/s1. The molecule has 0 aromatic rings. The Morgan fingerprint density at radius 3 is 2.00 bits per heavy atom. The summed E-state index contributed by atoms with van der Waals surface area (Å²) in [4.78, 5) is 50.0. The highest BCUT2D eigenvalue weighted by molar-refractivity contribution is 6.00. The second-order valence-electron chi connectivity index (χ2n) is 15.2. The Morgan fingerprint density at radius 2 is 1.44 bits per heavy atom. The number of ether oxygens (including phenoxy) is 3. The number of hydrogen-bond acceptors (Lipinski definition) is 7. The Morgan fingerprint density at radius 1 is 0.837 bits per heavy atom. The molecule has 0 unspecified atom stereocenters. The van der Waals surface area contributed by atoms with Gasteiger partial charge in [0.2, 0.25) is 0 Å². The zero-order valence-corrected chi connectivity index (χ0v) is 27.9. The van der Waals surface area contributed by atoms with Gasteiger partial charge >= 0.3 is 17.9 Å². The highest BCUT2D eigenvalue weighted by atomic mass is 16.6. The summed E-state index contributed by atoms with van der Waals surface area (Å²) in [5.41, 5.74) is 1.22. The van der Waals surface area contributed by atoms with E-state index >= 15 is 0 Å². The number of esters is 3. The smallest absolute Gasteiger partial charge is 0.303 e. The molecule has 7 nitrogen and oxygen atoms in total. The van der Waals surface area contributed by atoms with Crippen molar-refractivity contribution in [3.8, 4) is 0 Å². The topological polar surface area (TPSA) is 96.0 Å². The Balaban J connectivity index is 1.70. The Hall–Kier alpha value is -2.70. The van der Waals surface area contributed by atoms with Crippen molar-refractivity contribution in [3.05, 3.63) is 35.5 Å². The van der Waals surface area contributed by atoms with Crippen molar-refractivity contribution in [1.82, 2.24) is 0 Å². The molecule has 0 aromatic carbocycles. The largest absolute Gasteiger partial charge is 0.462 e. The molecule has 0 N–H and O–H groups in total. The second-order valence-corrected chi connectivity index (χ2v) is 15.2. The number of carbonyl (C=O) groups excluding carboxylic acids is 4. The maximum atomic E-state index is 13.9. The van der Waals surface area contributed by atoms with Gasteiger partial charge in [-0.2, -0.15) is 0 Å². The molecule has 0 spiro atoms. The molecule has 4 aliphatic carbocycles. The maximum Gasteiger partial charge on any atom is 0.303 e. The molecule has 0 amide bonds. The summed E-state index contributed by atoms with van der Waals surface area (Å²) in [6.07, 6.45) is 7.98. The lowest BCUT2D eigenvalue weighted by Gasteiger charge is -2.62. The second kappa shape index (κ2) is 11.3. The van der Waals surface area contributed by atoms with Gasteiger partial charge in [0.05, 0.1) is 0 Å². The van der Waals surface area contributed by atoms with E-state index in [0.717, 1.165) is 42.4 Å². The van der Waals surface area contributed by atoms with E-state index in [1.807, 2.05) is 32.9 Å². The van der Waals surface area contributed by atoms with Crippen molar-refractivity contribution in [2.75, 3.05) is 0 Å². The third-order valence-electron chi connectivity index (χ3n) is 12.0. The van der Waals surface area contributed by atoms with Gasteiger partial charge in [-0.3, -0.25) is 19.2 Å². The Labute approximate surface area is 257 Å². The highest BCUT2D eigenvalue weighted by Gasteiger charge is 2.65. The predicted octanol–water partition coefficient (Wildman–Crippen LogP) is 7.09. The monoisotopic (exact) mass is 596 g/mol. The van der Waals surface area contributed by atoms with E-state index in [1.54, 1.807) is 0 Å². The van der Waals surface area contributed by atoms with E-state index in [-0.39, 0.29) is 51.9 Å². The Bertz CT molecular complexity index is 1270. The van der Waals surface area contributed by atoms with Crippen LogP contribution in [0.15, 0.2) is 35.5 Å². The Kier molecular flexibility index (Phi) is 8.76. The first-order valence-corrected chi connectivity index (χ1v) is 15.9. The summed E-state index contributed by atoms with van der Waals surface area (Å²) in [5, 5.41) is 0. The van der Waals surface area contributed by atoms with Crippen LogP contribution in [0.25, 0.3) is 0 Å². The van der Waals surface area contributed by atoms with Crippen molar-refractivity contribution in [1.29, 1.82) is 0 Å². The lowest BCUT2D eigenvalue weighted by atomic mass is 9.43. The normalized spacial score (nSPS) is 41.3. The third-order valence-corrected chi connectivity index (χ3v) is 12.0. The molecule has 9 atom stereocenters. The van der Waals surface area contributed by atoms with Gasteiger partial charge < -0.3 is 14.2 Å². The predicted molar refractivity (Wildman–Crippen MR) is 165 cm³/mol. The maximum absolute atomic E-state index is 13.9. The number of rotatable bonds is 6. The first-order valence-electron chi connectivity index (χ1n) is 15.9. The first-order chi connectivity index (χ1) is 19.8. The average Bonchev–Trinajstić information content (AvgIpc) is 3.28. The van der Waals surface area contributed by atoms with E-state index in [2.05, 4.69) is 34.3 Å². The number of Topliss-reactive ketones (excluding diaryl/α,β-unsaturated/α-hetero) is 1. The van der Waals surface area contributed by atoms with Crippen LogP contribution < -0.4 is 0 Å². The van der Waals surface area contributed by atoms with Gasteiger partial charge in [-0.25, -0.2) is 0 Å². The van der Waals surface area contributed by atoms with Gasteiger partial charge in [0.1, 0.15) is 12.2 Å². The van der Waals surface area contributed by atoms with E-state index in [1.165, 1.54) is 20.8 Å². The van der Waals surface area contributed by atoms with Crippen LogP contribution in [0.1, 0.15) is 108 Å². The van der Waals surface area contributed by atoms with E-state index in [0.29, 0.717) is 18.8 Å². The summed E-state index contributed by atoms with van der Waals surface area (Å²) < 4.78 is 17.4. The molecule has 0 saturated heterocycles. The molecule has 0 heterocycles. The van der Waals surface area contributed by atoms with Crippen LogP contribution in [0.3, 0.4) is 0 Å². The van der Waals surface area contributed by atoms with Crippen LogP contribution in [0, 0.1) is 39.9 Å². The first kappa shape index (κ1) is 33.2. The molecule has 4 aliphatic rings. The van der Waals surface area contributed by atoms with Crippen LogP contribution in [-0.2, 0) is 33.4 Å². The minimum atomic E-state index is -1.06. The van der Waals surface area contributed by atoms with Gasteiger partial charge in [0.25, 0.3) is 0 Å². The van der Waals surface area contributed by atoms with Gasteiger partial charge in [-0.1, -0.05) is 52.0 Å². The molecule has 0 radical (unpaired) electrons. The third kappa shape index (κ3) is 5.55. The number of hydrogen-bond donors (Lipinski definition) is 0. The van der Waals surface area contributed by atoms with Crippen LogP contribution >= 0.6 is 0 Å². The minimum absolute atomic E-state index is 0.0454. The molecule has 0 aliphatic heterocycles. The molecule has 0 bridgehead atoms. The molecule has 238 valence electrons. The summed E-state index contributed by atoms with van der Waals surface area (Å²) in [5.74, 6) is -0.669. The summed E-state index contributed by atoms with van der Waals surface area (Å²) in [7, 11) is 0. The number of fused-ring (bicyclic) bond motifs is 3. The van der Waals surface area contributed by atoms with Crippen LogP contribution in [0.2, 0.25) is 0 Å². The van der Waals surface area contributed by atoms with E-state index in [4.69, 9.17) is 14.2 Å². The number of ketones is 1. The van der Waals surface area contributed by atoms with Gasteiger partial charge in [0, 0.05) is 49.5 Å². The number of allylic oxidation sites excluding steroid dienone is 4. The van der Waals surface area contributed by atoms with E-state index < -0.39 is 23.6 Å². The van der Waals surface area contributed by atoms with Gasteiger partial charge in [-0.15, -0.1) is 0 Å². The van der Waals surface area contributed by atoms with Crippen LogP contribution in [-0.4, -0.2) is 41.5 Å². The highest BCUT2D eigenvalue weighted by Crippen LogP contribution is 2.69. The lowest BCUT2D eigenvalue weighted by Crippen LogP contribution is -2.58. The van der Waals surface area contributed by atoms with Gasteiger partial charge in [-0.05, 0) is 81.6 Å². The van der Waals surface area contributed by atoms with Crippen molar-refractivity contribution in [2.24, 2.45) is 39.9 Å². The molecular weight excluding hydrogens is 544 g/mol. The van der Waals surface area contributed by atoms with Crippen molar-refractivity contribution in [3.63, 3.8) is 0 Å². The van der Waals surface area contributed by atoms with Crippen molar-refractivity contribution >= 4 is 23.7 Å². The molecule has 43 heavy (non-hydrogen) atoms. The molecule has 0 aromatic heterocycles. The zero-order chi connectivity index (χ0) is 32.3. The van der Waals surface area contributed by atoms with Crippen molar-refractivity contribution in [2.45, 2.75) is 126 Å². The summed E-state index contributed by atoms with van der Waals surface area (Å²) in [6.45, 7) is 23.3. The fraction of sp³-hybridized carbons (Fsp3) is 0.722. The van der Waals surface area contributed by atoms with Gasteiger partial charge in [0.15, 0.2) is 11.4 Å². The fourth-order valence-corrected chi connectivity index (χ4v) is 10.2. The summed E-state index contributed by atoms with van der Waals surface area (Å²) in [6, 6.07) is 0. The molecule has 4 rings (SSSR count). The van der Waals surface area contributed by atoms with Crippen LogP contribution in [0.4, 0.5) is 0 Å². The fourth-order valence-electron chi connectivity index (χ4n) is 10.2. The molecular formula is C36H52O7. The molecule has 4 saturated carbocycles. The average molecular weight is 597 g/mol. The zero-order valence-electron chi connectivity index (χ0n) is 27.9. The summed E-state index contributed by atoms with van der Waals surface area (Å²) >= 11 is 0. The molecule has 7 heteroatoms. The quantitative estimate of drug-likeness (QED) is 0.140. The van der Waals surface area contributed by atoms with Crippen molar-refractivity contribution < 1.29 is 33.4 Å². The molecule has 4 fully saturated rings. The van der Waals surface area contributed by atoms with E-state index in [9.17, 15) is 19.2 Å².